The van der Waals surface area contributed by atoms with Crippen LogP contribution in [0, 0.1) is 11.7 Å². The van der Waals surface area contributed by atoms with Crippen molar-refractivity contribution in [2.24, 2.45) is 5.92 Å². The van der Waals surface area contributed by atoms with Gasteiger partial charge in [-0.25, -0.2) is 9.37 Å². The molecule has 138 valence electrons. The van der Waals surface area contributed by atoms with Crippen LogP contribution >= 0.6 is 0 Å². The number of nitrogens with zero attached hydrogens (tertiary/aromatic N) is 1. The highest BCUT2D eigenvalue weighted by Gasteiger charge is 2.57. The molecule has 2 N–H and O–H groups in total. The normalized spacial score (nSPS) is 25.7. The molecule has 0 aromatic carbocycles. The van der Waals surface area contributed by atoms with Gasteiger partial charge in [-0.2, -0.15) is 13.2 Å². The first kappa shape index (κ1) is 17.9. The number of nitrogens with one attached hydrogen (secondary N) is 2. The summed E-state index contributed by atoms with van der Waals surface area (Å²) in [6.07, 6.45) is -2.88. The van der Waals surface area contributed by atoms with Gasteiger partial charge >= 0.3 is 6.18 Å². The Morgan fingerprint density at radius 3 is 2.80 bits per heavy atom. The Labute approximate surface area is 142 Å². The first-order chi connectivity index (χ1) is 11.8. The maximum atomic E-state index is 14.2. The molecule has 3 unspecified atom stereocenters. The van der Waals surface area contributed by atoms with Crippen LogP contribution in [-0.4, -0.2) is 36.8 Å². The fourth-order valence-electron chi connectivity index (χ4n) is 3.16. The molecule has 0 spiro atoms. The number of carbonyl (C=O) groups excluding carboxylic acids is 1. The molecule has 2 aliphatic rings. The van der Waals surface area contributed by atoms with Crippen LogP contribution in [0.1, 0.15) is 36.4 Å². The molecule has 2 fully saturated rings. The van der Waals surface area contributed by atoms with E-state index in [4.69, 9.17) is 4.74 Å². The number of halogens is 4. The lowest BCUT2D eigenvalue weighted by Crippen LogP contribution is -2.40. The SMILES string of the molecule is COc1nc(C2CC2C(F)(F)F)c(F)cc1CNC(=O)C1CCCN1. The fourth-order valence-corrected chi connectivity index (χ4v) is 3.16. The van der Waals surface area contributed by atoms with Gasteiger partial charge in [0, 0.05) is 18.0 Å². The van der Waals surface area contributed by atoms with Gasteiger partial charge in [-0.15, -0.1) is 0 Å². The minimum absolute atomic E-state index is 0.00223. The molecule has 3 rings (SSSR count). The number of rotatable bonds is 5. The molecule has 5 nitrogen and oxygen atoms in total. The molecule has 0 radical (unpaired) electrons. The number of pyridine rings is 1. The number of amides is 1. The minimum atomic E-state index is -4.35. The average molecular weight is 361 g/mol. The number of carbonyl (C=O) groups is 1. The van der Waals surface area contributed by atoms with Gasteiger partial charge in [-0.05, 0) is 31.9 Å². The van der Waals surface area contributed by atoms with E-state index < -0.39 is 23.8 Å². The van der Waals surface area contributed by atoms with E-state index >= 15 is 0 Å². The van der Waals surface area contributed by atoms with Crippen LogP contribution in [0.4, 0.5) is 17.6 Å². The van der Waals surface area contributed by atoms with E-state index in [0.717, 1.165) is 25.5 Å². The lowest BCUT2D eigenvalue weighted by atomic mass is 10.1. The van der Waals surface area contributed by atoms with Gasteiger partial charge in [0.25, 0.3) is 0 Å². The second-order valence-corrected chi connectivity index (χ2v) is 6.38. The van der Waals surface area contributed by atoms with Crippen molar-refractivity contribution in [2.45, 2.75) is 43.9 Å². The third-order valence-corrected chi connectivity index (χ3v) is 4.63. The largest absolute Gasteiger partial charge is 0.481 e. The third kappa shape index (κ3) is 3.86. The number of alkyl halides is 3. The second-order valence-electron chi connectivity index (χ2n) is 6.38. The summed E-state index contributed by atoms with van der Waals surface area (Å²) in [5.41, 5.74) is 0.0611. The molecule has 1 aromatic rings. The molecular formula is C16H19F4N3O2. The molecule has 0 bridgehead atoms. The molecule has 1 amide bonds. The zero-order valence-corrected chi connectivity index (χ0v) is 13.6. The number of hydrogen-bond acceptors (Lipinski definition) is 4. The van der Waals surface area contributed by atoms with E-state index in [1.54, 1.807) is 0 Å². The van der Waals surface area contributed by atoms with Crippen molar-refractivity contribution in [2.75, 3.05) is 13.7 Å². The van der Waals surface area contributed by atoms with Gasteiger partial charge in [0.1, 0.15) is 5.82 Å². The maximum Gasteiger partial charge on any atom is 0.392 e. The predicted molar refractivity (Wildman–Crippen MR) is 80.5 cm³/mol. The summed E-state index contributed by atoms with van der Waals surface area (Å²) in [6, 6.07) is 0.817. The average Bonchev–Trinajstić information content (AvgIpc) is 3.18. The highest BCUT2D eigenvalue weighted by Crippen LogP contribution is 2.56. The molecular weight excluding hydrogens is 342 g/mol. The molecule has 1 saturated heterocycles. The number of methoxy groups -OCH3 is 1. The molecule has 9 heteroatoms. The smallest absolute Gasteiger partial charge is 0.392 e. The molecule has 1 aliphatic heterocycles. The van der Waals surface area contributed by atoms with Crippen molar-refractivity contribution in [1.82, 2.24) is 15.6 Å². The van der Waals surface area contributed by atoms with Crippen LogP contribution in [0.15, 0.2) is 6.07 Å². The van der Waals surface area contributed by atoms with Gasteiger partial charge in [0.2, 0.25) is 11.8 Å². The van der Waals surface area contributed by atoms with Crippen LogP contribution in [0.25, 0.3) is 0 Å². The van der Waals surface area contributed by atoms with Crippen molar-refractivity contribution in [3.05, 3.63) is 23.1 Å². The lowest BCUT2D eigenvalue weighted by molar-refractivity contribution is -0.148. The third-order valence-electron chi connectivity index (χ3n) is 4.63. The lowest BCUT2D eigenvalue weighted by Gasteiger charge is -2.14. The Morgan fingerprint density at radius 1 is 1.48 bits per heavy atom. The second kappa shape index (κ2) is 6.78. The standard InChI is InChI=1S/C16H19F4N3O2/c1-25-15-8(7-22-14(24)12-3-2-4-21-12)5-11(17)13(23-15)9-6-10(9)16(18,19)20/h5,9-10,12,21H,2-4,6-7H2,1H3,(H,22,24). The van der Waals surface area contributed by atoms with Gasteiger partial charge in [-0.3, -0.25) is 4.79 Å². The summed E-state index contributed by atoms with van der Waals surface area (Å²) in [7, 11) is 1.31. The molecule has 25 heavy (non-hydrogen) atoms. The van der Waals surface area contributed by atoms with E-state index in [1.807, 2.05) is 0 Å². The van der Waals surface area contributed by atoms with Gasteiger partial charge in [0.05, 0.1) is 24.8 Å². The monoisotopic (exact) mass is 361 g/mol. The van der Waals surface area contributed by atoms with E-state index in [1.165, 1.54) is 7.11 Å². The van der Waals surface area contributed by atoms with Crippen LogP contribution < -0.4 is 15.4 Å². The summed E-state index contributed by atoms with van der Waals surface area (Å²) in [5, 5.41) is 5.72. The molecule has 1 aromatic heterocycles. The number of aromatic nitrogens is 1. The summed E-state index contributed by atoms with van der Waals surface area (Å²) < 4.78 is 57.4. The predicted octanol–water partition coefficient (Wildman–Crippen LogP) is 2.26. The zero-order chi connectivity index (χ0) is 18.2. The van der Waals surface area contributed by atoms with Crippen molar-refractivity contribution in [3.8, 4) is 5.88 Å². The van der Waals surface area contributed by atoms with Crippen LogP contribution in [-0.2, 0) is 11.3 Å². The Morgan fingerprint density at radius 2 is 2.24 bits per heavy atom. The Kier molecular flexibility index (Phi) is 4.86. The van der Waals surface area contributed by atoms with Crippen LogP contribution in [0.5, 0.6) is 5.88 Å². The fraction of sp³-hybridized carbons (Fsp3) is 0.625. The van der Waals surface area contributed by atoms with Crippen molar-refractivity contribution >= 4 is 5.91 Å². The van der Waals surface area contributed by atoms with E-state index in [2.05, 4.69) is 15.6 Å². The van der Waals surface area contributed by atoms with Gasteiger partial charge in [0.15, 0.2) is 0 Å². The zero-order valence-electron chi connectivity index (χ0n) is 13.6. The summed E-state index contributed by atoms with van der Waals surface area (Å²) >= 11 is 0. The van der Waals surface area contributed by atoms with Gasteiger partial charge in [-0.1, -0.05) is 0 Å². The Balaban J connectivity index is 1.70. The first-order valence-electron chi connectivity index (χ1n) is 8.12. The Hall–Kier alpha value is -1.90. The number of ether oxygens (including phenoxy) is 1. The topological polar surface area (TPSA) is 63.2 Å². The van der Waals surface area contributed by atoms with E-state index in [9.17, 15) is 22.4 Å². The highest BCUT2D eigenvalue weighted by molar-refractivity contribution is 5.82. The maximum absolute atomic E-state index is 14.2. The quantitative estimate of drug-likeness (QED) is 0.790. The summed E-state index contributed by atoms with van der Waals surface area (Å²) in [4.78, 5) is 15.9. The first-order valence-corrected chi connectivity index (χ1v) is 8.12. The molecule has 2 heterocycles. The van der Waals surface area contributed by atoms with E-state index in [-0.39, 0.29) is 36.5 Å². The number of hydrogen-bond donors (Lipinski definition) is 2. The molecule has 1 aliphatic carbocycles. The summed E-state index contributed by atoms with van der Waals surface area (Å²) in [5.74, 6) is -3.51. The summed E-state index contributed by atoms with van der Waals surface area (Å²) in [6.45, 7) is 0.770. The van der Waals surface area contributed by atoms with Crippen molar-refractivity contribution in [1.29, 1.82) is 0 Å². The van der Waals surface area contributed by atoms with Crippen molar-refractivity contribution < 1.29 is 27.1 Å². The van der Waals surface area contributed by atoms with Crippen LogP contribution in [0.2, 0.25) is 0 Å². The molecule has 3 atom stereocenters. The molecule has 1 saturated carbocycles. The van der Waals surface area contributed by atoms with Crippen LogP contribution in [0.3, 0.4) is 0 Å². The highest BCUT2D eigenvalue weighted by atomic mass is 19.4. The van der Waals surface area contributed by atoms with Gasteiger partial charge < -0.3 is 15.4 Å². The van der Waals surface area contributed by atoms with E-state index in [0.29, 0.717) is 5.56 Å². The van der Waals surface area contributed by atoms with Crippen molar-refractivity contribution in [3.63, 3.8) is 0 Å². The Bertz CT molecular complexity index is 660. The minimum Gasteiger partial charge on any atom is -0.481 e.